The summed E-state index contributed by atoms with van der Waals surface area (Å²) >= 11 is 6.13. The molecule has 0 atom stereocenters. The minimum Gasteiger partial charge on any atom is -0.369 e. The molecular formula is C17H21ClN8. The third-order valence-corrected chi connectivity index (χ3v) is 5.37. The lowest BCUT2D eigenvalue weighted by Gasteiger charge is -2.31. The summed E-state index contributed by atoms with van der Waals surface area (Å²) in [5, 5.41) is 13.0. The van der Waals surface area contributed by atoms with Crippen molar-refractivity contribution in [1.82, 2.24) is 30.2 Å². The Morgan fingerprint density at radius 2 is 2.00 bits per heavy atom. The van der Waals surface area contributed by atoms with Crippen molar-refractivity contribution in [3.05, 3.63) is 40.2 Å². The number of anilines is 2. The SMILES string of the molecule is Cc1cc(-n2nnnc2N2CCC(c3nc(N)[nH]c3C)CC2)ccc1Cl. The van der Waals surface area contributed by atoms with E-state index in [0.717, 1.165) is 59.5 Å². The molecule has 0 spiro atoms. The van der Waals surface area contributed by atoms with Crippen molar-refractivity contribution in [3.63, 3.8) is 0 Å². The highest BCUT2D eigenvalue weighted by Gasteiger charge is 2.27. The summed E-state index contributed by atoms with van der Waals surface area (Å²) in [6.07, 6.45) is 1.97. The number of aromatic amines is 1. The fraction of sp³-hybridized carbons (Fsp3) is 0.412. The van der Waals surface area contributed by atoms with E-state index in [1.807, 2.05) is 32.0 Å². The fourth-order valence-electron chi connectivity index (χ4n) is 3.56. The first-order valence-electron chi connectivity index (χ1n) is 8.64. The highest BCUT2D eigenvalue weighted by atomic mass is 35.5. The van der Waals surface area contributed by atoms with Crippen LogP contribution in [0, 0.1) is 13.8 Å². The van der Waals surface area contributed by atoms with Gasteiger partial charge in [0.15, 0.2) is 5.95 Å². The van der Waals surface area contributed by atoms with Gasteiger partial charge in [0, 0.05) is 29.7 Å². The van der Waals surface area contributed by atoms with Crippen LogP contribution >= 0.6 is 11.6 Å². The van der Waals surface area contributed by atoms with Crippen LogP contribution in [0.1, 0.15) is 35.7 Å². The van der Waals surface area contributed by atoms with Crippen molar-refractivity contribution < 1.29 is 0 Å². The van der Waals surface area contributed by atoms with Crippen molar-refractivity contribution in [1.29, 1.82) is 0 Å². The Labute approximate surface area is 156 Å². The number of halogens is 1. The molecule has 3 aromatic rings. The van der Waals surface area contributed by atoms with Crippen molar-refractivity contribution in [3.8, 4) is 5.69 Å². The van der Waals surface area contributed by atoms with Gasteiger partial charge < -0.3 is 15.6 Å². The Morgan fingerprint density at radius 3 is 2.65 bits per heavy atom. The molecule has 4 rings (SSSR count). The van der Waals surface area contributed by atoms with Crippen LogP contribution in [0.3, 0.4) is 0 Å². The van der Waals surface area contributed by atoms with Gasteiger partial charge in [-0.15, -0.1) is 0 Å². The summed E-state index contributed by atoms with van der Waals surface area (Å²) in [5.74, 6) is 1.65. The molecule has 26 heavy (non-hydrogen) atoms. The molecule has 1 aromatic carbocycles. The molecule has 0 bridgehead atoms. The van der Waals surface area contributed by atoms with Gasteiger partial charge in [0.1, 0.15) is 0 Å². The Hall–Kier alpha value is -2.61. The van der Waals surface area contributed by atoms with Gasteiger partial charge in [0.2, 0.25) is 5.95 Å². The monoisotopic (exact) mass is 372 g/mol. The van der Waals surface area contributed by atoms with Crippen molar-refractivity contribution >= 4 is 23.5 Å². The number of nitrogens with zero attached hydrogens (tertiary/aromatic N) is 6. The highest BCUT2D eigenvalue weighted by molar-refractivity contribution is 6.31. The van der Waals surface area contributed by atoms with Gasteiger partial charge >= 0.3 is 0 Å². The Bertz CT molecular complexity index is 923. The zero-order valence-corrected chi connectivity index (χ0v) is 15.5. The first-order valence-corrected chi connectivity index (χ1v) is 9.02. The lowest BCUT2D eigenvalue weighted by Crippen LogP contribution is -2.35. The number of tetrazole rings is 1. The number of nitrogens with two attached hydrogens (primary N) is 1. The zero-order valence-electron chi connectivity index (χ0n) is 14.8. The number of rotatable bonds is 3. The Kier molecular flexibility index (Phi) is 4.28. The van der Waals surface area contributed by atoms with Gasteiger partial charge in [-0.1, -0.05) is 16.7 Å². The summed E-state index contributed by atoms with van der Waals surface area (Å²) in [5.41, 5.74) is 9.82. The second-order valence-corrected chi connectivity index (χ2v) is 7.12. The molecule has 9 heteroatoms. The number of aromatic nitrogens is 6. The molecule has 1 aliphatic rings. The van der Waals surface area contributed by atoms with E-state index in [0.29, 0.717) is 11.9 Å². The maximum atomic E-state index is 6.13. The molecule has 3 N–H and O–H groups in total. The number of H-pyrrole nitrogens is 1. The first-order chi connectivity index (χ1) is 12.5. The van der Waals surface area contributed by atoms with Crippen molar-refractivity contribution in [2.24, 2.45) is 0 Å². The number of hydrogen-bond donors (Lipinski definition) is 2. The summed E-state index contributed by atoms with van der Waals surface area (Å²) in [4.78, 5) is 9.75. The van der Waals surface area contributed by atoms with Gasteiger partial charge in [-0.2, -0.15) is 4.68 Å². The maximum Gasteiger partial charge on any atom is 0.250 e. The van der Waals surface area contributed by atoms with Crippen LogP contribution in [-0.4, -0.2) is 43.3 Å². The molecule has 0 unspecified atom stereocenters. The highest BCUT2D eigenvalue weighted by Crippen LogP contribution is 2.31. The van der Waals surface area contributed by atoms with Gasteiger partial charge in [-0.3, -0.25) is 0 Å². The summed E-state index contributed by atoms with van der Waals surface area (Å²) in [6.45, 7) is 5.72. The standard InChI is InChI=1S/C17H21ClN8/c1-10-9-13(3-4-14(10)18)26-17(22-23-24-26)25-7-5-12(6-8-25)15-11(2)20-16(19)21-15/h3-4,9,12H,5-8H2,1-2H3,(H3,19,20,21). The van der Waals surface area contributed by atoms with Crippen LogP contribution in [0.5, 0.6) is 0 Å². The third kappa shape index (κ3) is 3.01. The van der Waals surface area contributed by atoms with Gasteiger partial charge in [0.25, 0.3) is 0 Å². The number of aryl methyl sites for hydroxylation is 2. The van der Waals surface area contributed by atoms with E-state index >= 15 is 0 Å². The molecule has 1 fully saturated rings. The molecule has 0 amide bonds. The van der Waals surface area contributed by atoms with Gasteiger partial charge in [-0.25, -0.2) is 4.98 Å². The molecule has 0 radical (unpaired) electrons. The Balaban J connectivity index is 1.53. The predicted molar refractivity (Wildman–Crippen MR) is 101 cm³/mol. The lowest BCUT2D eigenvalue weighted by molar-refractivity contribution is 0.488. The zero-order chi connectivity index (χ0) is 18.3. The number of hydrogen-bond acceptors (Lipinski definition) is 6. The van der Waals surface area contributed by atoms with Crippen LogP contribution in [0.15, 0.2) is 18.2 Å². The predicted octanol–water partition coefficient (Wildman–Crippen LogP) is 2.62. The molecule has 1 saturated heterocycles. The third-order valence-electron chi connectivity index (χ3n) is 4.94. The van der Waals surface area contributed by atoms with Crippen molar-refractivity contribution in [2.45, 2.75) is 32.6 Å². The number of nitrogens with one attached hydrogen (secondary N) is 1. The van der Waals surface area contributed by atoms with E-state index in [4.69, 9.17) is 17.3 Å². The lowest BCUT2D eigenvalue weighted by atomic mass is 9.93. The molecular weight excluding hydrogens is 352 g/mol. The second-order valence-electron chi connectivity index (χ2n) is 6.72. The molecule has 1 aliphatic heterocycles. The molecule has 0 saturated carbocycles. The minimum absolute atomic E-state index is 0.405. The number of piperidine rings is 1. The van der Waals surface area contributed by atoms with Crippen LogP contribution in [0.25, 0.3) is 5.69 Å². The van der Waals surface area contributed by atoms with Crippen LogP contribution in [0.4, 0.5) is 11.9 Å². The summed E-state index contributed by atoms with van der Waals surface area (Å²) in [7, 11) is 0. The molecule has 0 aliphatic carbocycles. The van der Waals surface area contributed by atoms with E-state index in [9.17, 15) is 0 Å². The first kappa shape index (κ1) is 16.8. The quantitative estimate of drug-likeness (QED) is 0.732. The van der Waals surface area contributed by atoms with Gasteiger partial charge in [-0.05, 0) is 60.9 Å². The van der Waals surface area contributed by atoms with Crippen LogP contribution < -0.4 is 10.6 Å². The van der Waals surface area contributed by atoms with E-state index < -0.39 is 0 Å². The van der Waals surface area contributed by atoms with Crippen molar-refractivity contribution in [2.75, 3.05) is 23.7 Å². The van der Waals surface area contributed by atoms with E-state index in [1.54, 1.807) is 4.68 Å². The average Bonchev–Trinajstić information content (AvgIpc) is 3.24. The largest absolute Gasteiger partial charge is 0.369 e. The second kappa shape index (κ2) is 6.60. The van der Waals surface area contributed by atoms with E-state index in [2.05, 4.69) is 30.4 Å². The van der Waals surface area contributed by atoms with E-state index in [-0.39, 0.29) is 0 Å². The van der Waals surface area contributed by atoms with E-state index in [1.165, 1.54) is 0 Å². The number of imidazole rings is 1. The van der Waals surface area contributed by atoms with Crippen LogP contribution in [0.2, 0.25) is 5.02 Å². The Morgan fingerprint density at radius 1 is 1.23 bits per heavy atom. The van der Waals surface area contributed by atoms with Gasteiger partial charge in [0.05, 0.1) is 11.4 Å². The molecule has 8 nitrogen and oxygen atoms in total. The summed E-state index contributed by atoms with van der Waals surface area (Å²) in [6, 6.07) is 5.79. The minimum atomic E-state index is 0.405. The molecule has 3 heterocycles. The topological polar surface area (TPSA) is 102 Å². The number of nitrogen functional groups attached to an aromatic ring is 1. The number of benzene rings is 1. The smallest absolute Gasteiger partial charge is 0.250 e. The maximum absolute atomic E-state index is 6.13. The molecule has 136 valence electrons. The normalized spacial score (nSPS) is 15.6. The molecule has 2 aromatic heterocycles. The summed E-state index contributed by atoms with van der Waals surface area (Å²) < 4.78 is 1.77. The average molecular weight is 373 g/mol. The fourth-order valence-corrected chi connectivity index (χ4v) is 3.67. The van der Waals surface area contributed by atoms with Crippen LogP contribution in [-0.2, 0) is 0 Å².